The van der Waals surface area contributed by atoms with Crippen molar-refractivity contribution in [1.82, 2.24) is 15.2 Å². The van der Waals surface area contributed by atoms with Crippen LogP contribution >= 0.6 is 11.3 Å². The monoisotopic (exact) mass is 371 g/mol. The molecule has 0 atom stereocenters. The van der Waals surface area contributed by atoms with Gasteiger partial charge in [0.2, 0.25) is 0 Å². The minimum absolute atomic E-state index is 0.0486. The zero-order chi connectivity index (χ0) is 18.4. The van der Waals surface area contributed by atoms with Crippen molar-refractivity contribution in [3.8, 4) is 11.5 Å². The quantitative estimate of drug-likeness (QED) is 0.810. The molecule has 1 heterocycles. The Morgan fingerprint density at radius 1 is 1.40 bits per heavy atom. The molecule has 2 amide bonds. The number of methoxy groups -OCH3 is 1. The van der Waals surface area contributed by atoms with Crippen LogP contribution in [0.15, 0.2) is 23.6 Å². The van der Waals surface area contributed by atoms with Gasteiger partial charge in [-0.2, -0.15) is 8.78 Å². The molecule has 0 aliphatic rings. The van der Waals surface area contributed by atoms with Crippen LogP contribution in [0.25, 0.3) is 0 Å². The molecular formula is C16H19F2N3O3S. The number of halogens is 2. The van der Waals surface area contributed by atoms with Crippen molar-refractivity contribution in [2.24, 2.45) is 0 Å². The smallest absolute Gasteiger partial charge is 0.387 e. The number of aromatic nitrogens is 1. The highest BCUT2D eigenvalue weighted by Crippen LogP contribution is 2.29. The molecule has 0 bridgehead atoms. The number of benzene rings is 1. The van der Waals surface area contributed by atoms with E-state index in [1.54, 1.807) is 19.2 Å². The molecule has 0 aliphatic heterocycles. The summed E-state index contributed by atoms with van der Waals surface area (Å²) in [5.41, 5.74) is 1.64. The van der Waals surface area contributed by atoms with Crippen LogP contribution in [-0.2, 0) is 13.1 Å². The summed E-state index contributed by atoms with van der Waals surface area (Å²) in [6, 6.07) is 4.30. The van der Waals surface area contributed by atoms with Crippen LogP contribution in [0.5, 0.6) is 11.5 Å². The number of carbonyl (C=O) groups is 1. The van der Waals surface area contributed by atoms with Crippen molar-refractivity contribution in [3.63, 3.8) is 0 Å². The highest BCUT2D eigenvalue weighted by Gasteiger charge is 2.14. The number of rotatable bonds is 7. The summed E-state index contributed by atoms with van der Waals surface area (Å²) in [4.78, 5) is 17.9. The number of hydrogen-bond acceptors (Lipinski definition) is 5. The van der Waals surface area contributed by atoms with Gasteiger partial charge in [0.15, 0.2) is 11.5 Å². The van der Waals surface area contributed by atoms with Crippen LogP contribution in [0.2, 0.25) is 0 Å². The minimum atomic E-state index is -2.93. The maximum Gasteiger partial charge on any atom is 0.387 e. The van der Waals surface area contributed by atoms with E-state index in [9.17, 15) is 13.6 Å². The normalized spacial score (nSPS) is 10.6. The summed E-state index contributed by atoms with van der Waals surface area (Å²) in [6.45, 7) is -0.397. The Labute approximate surface area is 148 Å². The van der Waals surface area contributed by atoms with E-state index in [2.05, 4.69) is 15.0 Å². The lowest BCUT2D eigenvalue weighted by molar-refractivity contribution is -0.0512. The molecule has 0 unspecified atom stereocenters. The minimum Gasteiger partial charge on any atom is -0.493 e. The first-order valence-electron chi connectivity index (χ1n) is 7.40. The lowest BCUT2D eigenvalue weighted by Crippen LogP contribution is -2.36. The van der Waals surface area contributed by atoms with E-state index in [0.717, 1.165) is 16.3 Å². The predicted molar refractivity (Wildman–Crippen MR) is 90.2 cm³/mol. The Morgan fingerprint density at radius 3 is 2.76 bits per heavy atom. The number of aryl methyl sites for hydroxylation is 1. The van der Waals surface area contributed by atoms with Crippen molar-refractivity contribution in [2.45, 2.75) is 26.6 Å². The van der Waals surface area contributed by atoms with Gasteiger partial charge in [-0.3, -0.25) is 0 Å². The molecule has 1 aromatic heterocycles. The van der Waals surface area contributed by atoms with Gasteiger partial charge in [0.1, 0.15) is 5.01 Å². The molecule has 0 radical (unpaired) electrons. The van der Waals surface area contributed by atoms with E-state index in [1.807, 2.05) is 12.3 Å². The fourth-order valence-corrected chi connectivity index (χ4v) is 2.83. The fraction of sp³-hybridized carbons (Fsp3) is 0.375. The first-order chi connectivity index (χ1) is 11.9. The van der Waals surface area contributed by atoms with E-state index >= 15 is 0 Å². The first kappa shape index (κ1) is 18.9. The number of urea groups is 1. The molecule has 0 saturated carbocycles. The molecule has 136 valence electrons. The number of nitrogens with one attached hydrogen (secondary N) is 1. The SMILES string of the molecule is COc1cc(CN(C)C(=O)NCc2nc(C)cs2)ccc1OC(F)F. The second-order valence-electron chi connectivity index (χ2n) is 5.26. The predicted octanol–water partition coefficient (Wildman–Crippen LogP) is 3.40. The van der Waals surface area contributed by atoms with E-state index in [1.165, 1.54) is 29.4 Å². The number of alkyl halides is 2. The molecule has 0 fully saturated rings. The van der Waals surface area contributed by atoms with Gasteiger partial charge in [0.05, 0.1) is 13.7 Å². The molecule has 2 rings (SSSR count). The van der Waals surface area contributed by atoms with Crippen molar-refractivity contribution >= 4 is 17.4 Å². The topological polar surface area (TPSA) is 63.7 Å². The van der Waals surface area contributed by atoms with Gasteiger partial charge in [-0.25, -0.2) is 9.78 Å². The first-order valence-corrected chi connectivity index (χ1v) is 8.28. The third-order valence-electron chi connectivity index (χ3n) is 3.27. The molecule has 9 heteroatoms. The van der Waals surface area contributed by atoms with E-state index in [0.29, 0.717) is 6.54 Å². The lowest BCUT2D eigenvalue weighted by Gasteiger charge is -2.18. The van der Waals surface area contributed by atoms with Gasteiger partial charge in [-0.05, 0) is 24.6 Å². The number of hydrogen-bond donors (Lipinski definition) is 1. The standard InChI is InChI=1S/C16H19F2N3O3S/c1-10-9-25-14(20-10)7-19-16(22)21(2)8-11-4-5-12(24-15(17)18)13(6-11)23-3/h4-6,9,15H,7-8H2,1-3H3,(H,19,22). The third-order valence-corrected chi connectivity index (χ3v) is 4.23. The van der Waals surface area contributed by atoms with Gasteiger partial charge in [0, 0.05) is 24.7 Å². The second-order valence-corrected chi connectivity index (χ2v) is 6.20. The largest absolute Gasteiger partial charge is 0.493 e. The van der Waals surface area contributed by atoms with Crippen LogP contribution in [0, 0.1) is 6.92 Å². The average Bonchev–Trinajstić information content (AvgIpc) is 2.98. The molecular weight excluding hydrogens is 352 g/mol. The van der Waals surface area contributed by atoms with E-state index < -0.39 is 6.61 Å². The van der Waals surface area contributed by atoms with Crippen molar-refractivity contribution in [1.29, 1.82) is 0 Å². The number of thiazole rings is 1. The summed E-state index contributed by atoms with van der Waals surface area (Å²) >= 11 is 1.48. The van der Waals surface area contributed by atoms with Crippen LogP contribution in [0.4, 0.5) is 13.6 Å². The highest BCUT2D eigenvalue weighted by molar-refractivity contribution is 7.09. The molecule has 6 nitrogen and oxygen atoms in total. The van der Waals surface area contributed by atoms with Crippen LogP contribution < -0.4 is 14.8 Å². The van der Waals surface area contributed by atoms with Crippen LogP contribution in [-0.4, -0.2) is 36.7 Å². The summed E-state index contributed by atoms with van der Waals surface area (Å²) in [6.07, 6.45) is 0. The van der Waals surface area contributed by atoms with Crippen molar-refractivity contribution < 1.29 is 23.0 Å². The zero-order valence-corrected chi connectivity index (χ0v) is 14.9. The Morgan fingerprint density at radius 2 is 2.16 bits per heavy atom. The number of ether oxygens (including phenoxy) is 2. The molecule has 0 saturated heterocycles. The van der Waals surface area contributed by atoms with Crippen molar-refractivity contribution in [2.75, 3.05) is 14.2 Å². The number of carbonyl (C=O) groups excluding carboxylic acids is 1. The van der Waals surface area contributed by atoms with Gasteiger partial charge in [0.25, 0.3) is 0 Å². The van der Waals surface area contributed by atoms with Crippen LogP contribution in [0.3, 0.4) is 0 Å². The third kappa shape index (κ3) is 5.56. The van der Waals surface area contributed by atoms with E-state index in [-0.39, 0.29) is 24.1 Å². The molecule has 0 spiro atoms. The average molecular weight is 371 g/mol. The highest BCUT2D eigenvalue weighted by atomic mass is 32.1. The van der Waals surface area contributed by atoms with E-state index in [4.69, 9.17) is 4.74 Å². The Kier molecular flexibility index (Phi) is 6.51. The lowest BCUT2D eigenvalue weighted by atomic mass is 10.2. The van der Waals surface area contributed by atoms with Gasteiger partial charge in [-0.15, -0.1) is 11.3 Å². The molecule has 2 aromatic rings. The summed E-state index contributed by atoms with van der Waals surface area (Å²) in [7, 11) is 3.00. The summed E-state index contributed by atoms with van der Waals surface area (Å²) in [5, 5.41) is 5.52. The summed E-state index contributed by atoms with van der Waals surface area (Å²) in [5.74, 6) is 0.136. The Balaban J connectivity index is 1.94. The molecule has 25 heavy (non-hydrogen) atoms. The van der Waals surface area contributed by atoms with Gasteiger partial charge >= 0.3 is 12.6 Å². The Hall–Kier alpha value is -2.42. The second kappa shape index (κ2) is 8.61. The fourth-order valence-electron chi connectivity index (χ4n) is 2.12. The van der Waals surface area contributed by atoms with Crippen molar-refractivity contribution in [3.05, 3.63) is 39.8 Å². The molecule has 0 aliphatic carbocycles. The van der Waals surface area contributed by atoms with Gasteiger partial charge in [-0.1, -0.05) is 6.07 Å². The molecule has 1 aromatic carbocycles. The maximum atomic E-state index is 12.3. The Bertz CT molecular complexity index is 724. The maximum absolute atomic E-state index is 12.3. The summed E-state index contributed by atoms with van der Waals surface area (Å²) < 4.78 is 34.1. The molecule has 1 N–H and O–H groups in total. The number of nitrogens with zero attached hydrogens (tertiary/aromatic N) is 2. The zero-order valence-electron chi connectivity index (χ0n) is 14.1. The van der Waals surface area contributed by atoms with Gasteiger partial charge < -0.3 is 19.7 Å². The number of amides is 2. The van der Waals surface area contributed by atoms with Crippen LogP contribution in [0.1, 0.15) is 16.3 Å².